The van der Waals surface area contributed by atoms with Crippen molar-refractivity contribution < 1.29 is 56.1 Å². The summed E-state index contributed by atoms with van der Waals surface area (Å²) >= 11 is 6.09. The molecule has 0 aliphatic carbocycles. The van der Waals surface area contributed by atoms with Crippen LogP contribution in [0.5, 0.6) is 0 Å². The molecule has 0 spiro atoms. The number of halogens is 1. The summed E-state index contributed by atoms with van der Waals surface area (Å²) in [5.74, 6) is 6.14. The van der Waals surface area contributed by atoms with Crippen molar-refractivity contribution in [2.24, 2.45) is 11.1 Å². The molecule has 0 unspecified atom stereocenters. The Bertz CT molecular complexity index is 465. The molecular formula is C17H23ClKNO. The first kappa shape index (κ1) is 21.6. The molecule has 21 heavy (non-hydrogen) atoms. The minimum atomic E-state index is -0.0915. The molecule has 0 fully saturated rings. The molecular weight excluding hydrogens is 309 g/mol. The van der Waals surface area contributed by atoms with Gasteiger partial charge < -0.3 is 10.5 Å². The van der Waals surface area contributed by atoms with E-state index in [0.29, 0.717) is 13.2 Å². The number of ether oxygens (including phenoxy) is 1. The topological polar surface area (TPSA) is 35.2 Å². The van der Waals surface area contributed by atoms with E-state index in [-0.39, 0.29) is 56.8 Å². The van der Waals surface area contributed by atoms with E-state index >= 15 is 0 Å². The first-order valence-corrected chi connectivity index (χ1v) is 7.26. The molecule has 0 saturated carbocycles. The molecule has 0 amide bonds. The molecule has 1 aromatic rings. The molecule has 4 heteroatoms. The number of rotatable bonds is 7. The first-order chi connectivity index (χ1) is 9.55. The molecule has 110 valence electrons. The van der Waals surface area contributed by atoms with Crippen LogP contribution in [0.25, 0.3) is 0 Å². The van der Waals surface area contributed by atoms with Crippen molar-refractivity contribution in [2.75, 3.05) is 13.2 Å². The maximum absolute atomic E-state index is 6.09. The van der Waals surface area contributed by atoms with Crippen molar-refractivity contribution in [2.45, 2.75) is 33.1 Å². The van der Waals surface area contributed by atoms with Crippen molar-refractivity contribution >= 4 is 11.6 Å². The standard InChI is InChI=1S/C17H23ClNO.K/c1-17(2,13-19)14-20-12-8-4-3-5-9-15-10-6-7-11-16(15)18;/h6-7,10-11,13H,3,5,9,12,14,19H2,1-2H3;/q-1;+1. The molecule has 0 bridgehead atoms. The van der Waals surface area contributed by atoms with Crippen LogP contribution >= 0.6 is 11.6 Å². The van der Waals surface area contributed by atoms with Gasteiger partial charge in [0.05, 0.1) is 0 Å². The Kier molecular flexibility index (Phi) is 12.5. The zero-order chi connectivity index (χ0) is 14.8. The van der Waals surface area contributed by atoms with E-state index < -0.39 is 0 Å². The second kappa shape index (κ2) is 12.1. The molecule has 1 rings (SSSR count). The maximum atomic E-state index is 6.09. The number of benzene rings is 1. The van der Waals surface area contributed by atoms with Gasteiger partial charge in [-0.1, -0.05) is 49.6 Å². The van der Waals surface area contributed by atoms with Crippen LogP contribution in [0.2, 0.25) is 5.02 Å². The van der Waals surface area contributed by atoms with Crippen LogP contribution in [0.3, 0.4) is 0 Å². The van der Waals surface area contributed by atoms with E-state index in [2.05, 4.69) is 17.9 Å². The van der Waals surface area contributed by atoms with Gasteiger partial charge in [-0.05, 0) is 24.5 Å². The Hall–Kier alpha value is 0.626. The van der Waals surface area contributed by atoms with Gasteiger partial charge in [-0.3, -0.25) is 6.54 Å². The Labute approximate surface area is 176 Å². The monoisotopic (exact) mass is 331 g/mol. The van der Waals surface area contributed by atoms with Gasteiger partial charge in [0.15, 0.2) is 0 Å². The largest absolute Gasteiger partial charge is 1.00 e. The van der Waals surface area contributed by atoms with Crippen LogP contribution in [0, 0.1) is 23.8 Å². The van der Waals surface area contributed by atoms with Gasteiger partial charge in [-0.2, -0.15) is 0 Å². The number of nitrogens with two attached hydrogens (primary N) is 1. The van der Waals surface area contributed by atoms with Crippen LogP contribution in [0.4, 0.5) is 0 Å². The smallest absolute Gasteiger partial charge is 0.483 e. The first-order valence-electron chi connectivity index (χ1n) is 6.88. The average Bonchev–Trinajstić information content (AvgIpc) is 2.43. The SMILES string of the molecule is CC(C)([CH-]N)COCC#CCCCc1ccccc1Cl.[K+]. The molecule has 0 aliphatic rings. The number of hydrogen-bond acceptors (Lipinski definition) is 2. The van der Waals surface area contributed by atoms with Crippen LogP contribution in [0.1, 0.15) is 32.3 Å². The third-order valence-corrected chi connectivity index (χ3v) is 3.30. The molecule has 0 aromatic heterocycles. The number of hydrogen-bond donors (Lipinski definition) is 1. The van der Waals surface area contributed by atoms with Gasteiger partial charge in [-0.25, -0.2) is 0 Å². The summed E-state index contributed by atoms with van der Waals surface area (Å²) in [6, 6.07) is 7.94. The summed E-state index contributed by atoms with van der Waals surface area (Å²) in [7, 11) is 0. The number of aryl methyl sites for hydroxylation is 1. The summed E-state index contributed by atoms with van der Waals surface area (Å²) < 4.78 is 5.47. The predicted molar refractivity (Wildman–Crippen MR) is 85.3 cm³/mol. The van der Waals surface area contributed by atoms with E-state index in [9.17, 15) is 0 Å². The fraction of sp³-hybridized carbons (Fsp3) is 0.471. The minimum Gasteiger partial charge on any atom is -0.483 e. The Morgan fingerprint density at radius 2 is 2.00 bits per heavy atom. The van der Waals surface area contributed by atoms with E-state index in [0.717, 1.165) is 24.3 Å². The molecule has 0 saturated heterocycles. The zero-order valence-corrected chi connectivity index (χ0v) is 17.2. The van der Waals surface area contributed by atoms with Gasteiger partial charge in [0, 0.05) is 18.1 Å². The van der Waals surface area contributed by atoms with Crippen LogP contribution < -0.4 is 57.1 Å². The predicted octanol–water partition coefficient (Wildman–Crippen LogP) is 0.833. The fourth-order valence-electron chi connectivity index (χ4n) is 1.62. The van der Waals surface area contributed by atoms with Crippen molar-refractivity contribution in [1.29, 1.82) is 0 Å². The summed E-state index contributed by atoms with van der Waals surface area (Å²) in [5, 5.41) is 0.837. The van der Waals surface area contributed by atoms with Crippen LogP contribution in [-0.2, 0) is 11.2 Å². The van der Waals surface area contributed by atoms with Gasteiger partial charge in [0.1, 0.15) is 6.61 Å². The van der Waals surface area contributed by atoms with E-state index in [1.165, 1.54) is 5.56 Å². The van der Waals surface area contributed by atoms with Crippen molar-refractivity contribution in [1.82, 2.24) is 0 Å². The van der Waals surface area contributed by atoms with Gasteiger partial charge in [0.2, 0.25) is 0 Å². The molecule has 0 radical (unpaired) electrons. The summed E-state index contributed by atoms with van der Waals surface area (Å²) in [5.41, 5.74) is 6.60. The molecule has 2 nitrogen and oxygen atoms in total. The Morgan fingerprint density at radius 3 is 2.67 bits per heavy atom. The summed E-state index contributed by atoms with van der Waals surface area (Å²) in [6.45, 7) is 6.78. The summed E-state index contributed by atoms with van der Waals surface area (Å²) in [4.78, 5) is 0. The third-order valence-electron chi connectivity index (χ3n) is 2.93. The third kappa shape index (κ3) is 10.1. The quantitative estimate of drug-likeness (QED) is 0.348. The van der Waals surface area contributed by atoms with Crippen LogP contribution in [-0.4, -0.2) is 13.2 Å². The molecule has 0 heterocycles. The fourth-order valence-corrected chi connectivity index (χ4v) is 1.85. The minimum absolute atomic E-state index is 0. The van der Waals surface area contributed by atoms with Crippen molar-refractivity contribution in [3.05, 3.63) is 41.4 Å². The second-order valence-electron chi connectivity index (χ2n) is 5.45. The maximum Gasteiger partial charge on any atom is 1.00 e. The molecule has 1 aromatic carbocycles. The normalized spacial score (nSPS) is 10.5. The van der Waals surface area contributed by atoms with E-state index in [1.807, 2.05) is 32.0 Å². The van der Waals surface area contributed by atoms with E-state index in [1.54, 1.807) is 6.54 Å². The average molecular weight is 332 g/mol. The Balaban J connectivity index is 0.00000400. The van der Waals surface area contributed by atoms with Gasteiger partial charge in [0.25, 0.3) is 0 Å². The van der Waals surface area contributed by atoms with Crippen molar-refractivity contribution in [3.63, 3.8) is 0 Å². The number of unbranched alkanes of at least 4 members (excludes halogenated alkanes) is 1. The summed E-state index contributed by atoms with van der Waals surface area (Å²) in [6.07, 6.45) is 2.84. The van der Waals surface area contributed by atoms with Gasteiger partial charge in [-0.15, -0.1) is 11.3 Å². The van der Waals surface area contributed by atoms with Crippen molar-refractivity contribution in [3.8, 4) is 11.8 Å². The molecule has 2 N–H and O–H groups in total. The molecule has 0 atom stereocenters. The zero-order valence-electron chi connectivity index (χ0n) is 13.3. The molecule has 0 aliphatic heterocycles. The Morgan fingerprint density at radius 1 is 1.29 bits per heavy atom. The van der Waals surface area contributed by atoms with Gasteiger partial charge >= 0.3 is 51.4 Å². The van der Waals surface area contributed by atoms with E-state index in [4.69, 9.17) is 22.1 Å². The van der Waals surface area contributed by atoms with Crippen LogP contribution in [0.15, 0.2) is 24.3 Å². The second-order valence-corrected chi connectivity index (χ2v) is 5.85.